The standard InChI is InChI=1S/C59H110N2O4S/c1-7-10-13-16-19-21-23-25-27-29-31-33-35-37-39-42-46-57(47-43-40-38-36-34-32-30-28-26-24-22-20-17-14-11-8-2)61(50-45-49-60(5)6)51-48-58(62)64-52-53-65-59(63)56(4)55-66-54-44-41-18-15-12-9-3/h19-22,25-28,56-57H,7-18,23-24,29-55H2,1-6H3/b21-19-,22-20-,27-25-,28-26-. The van der Waals surface area contributed by atoms with Gasteiger partial charge in [-0.1, -0.05) is 198 Å². The number of hydrogen-bond donors (Lipinski definition) is 0. The van der Waals surface area contributed by atoms with Gasteiger partial charge in [-0.15, -0.1) is 0 Å². The van der Waals surface area contributed by atoms with E-state index in [1.807, 2.05) is 18.7 Å². The Kier molecular flexibility index (Phi) is 51.1. The minimum atomic E-state index is -0.190. The summed E-state index contributed by atoms with van der Waals surface area (Å²) in [4.78, 5) is 30.5. The van der Waals surface area contributed by atoms with Crippen molar-refractivity contribution in [2.24, 2.45) is 5.92 Å². The van der Waals surface area contributed by atoms with Crippen molar-refractivity contribution in [2.45, 2.75) is 252 Å². The molecule has 0 amide bonds. The van der Waals surface area contributed by atoms with E-state index >= 15 is 0 Å². The van der Waals surface area contributed by atoms with Gasteiger partial charge in [0.1, 0.15) is 13.2 Å². The molecule has 0 aliphatic carbocycles. The highest BCUT2D eigenvalue weighted by molar-refractivity contribution is 7.99. The van der Waals surface area contributed by atoms with Crippen molar-refractivity contribution in [1.82, 2.24) is 9.80 Å². The molecule has 0 rings (SSSR count). The van der Waals surface area contributed by atoms with E-state index in [2.05, 4.69) is 93.3 Å². The predicted molar refractivity (Wildman–Crippen MR) is 293 cm³/mol. The Labute approximate surface area is 415 Å². The van der Waals surface area contributed by atoms with Crippen LogP contribution in [0.3, 0.4) is 0 Å². The number of allylic oxidation sites excluding steroid dienone is 8. The third-order valence-electron chi connectivity index (χ3n) is 12.6. The lowest BCUT2D eigenvalue weighted by molar-refractivity contribution is -0.154. The molecular formula is C59H110N2O4S. The lowest BCUT2D eigenvalue weighted by Gasteiger charge is -2.32. The molecule has 6 nitrogen and oxygen atoms in total. The van der Waals surface area contributed by atoms with Gasteiger partial charge in [-0.25, -0.2) is 0 Å². The molecule has 0 saturated carbocycles. The van der Waals surface area contributed by atoms with Crippen LogP contribution in [-0.2, 0) is 19.1 Å². The smallest absolute Gasteiger partial charge is 0.309 e. The van der Waals surface area contributed by atoms with E-state index in [0.29, 0.717) is 12.5 Å². The molecular weight excluding hydrogens is 833 g/mol. The number of carbonyl (C=O) groups is 2. The summed E-state index contributed by atoms with van der Waals surface area (Å²) in [5.74, 6) is 1.36. The normalized spacial score (nSPS) is 12.7. The van der Waals surface area contributed by atoms with Crippen LogP contribution >= 0.6 is 11.8 Å². The van der Waals surface area contributed by atoms with Crippen LogP contribution in [0.5, 0.6) is 0 Å². The summed E-state index contributed by atoms with van der Waals surface area (Å²) >= 11 is 1.84. The van der Waals surface area contributed by atoms with Gasteiger partial charge < -0.3 is 14.4 Å². The maximum atomic E-state index is 13.0. The molecule has 1 unspecified atom stereocenters. The fraction of sp³-hybridized carbons (Fsp3) is 0.831. The van der Waals surface area contributed by atoms with E-state index in [9.17, 15) is 9.59 Å². The van der Waals surface area contributed by atoms with Gasteiger partial charge in [-0.3, -0.25) is 14.5 Å². The van der Waals surface area contributed by atoms with Crippen molar-refractivity contribution < 1.29 is 19.1 Å². The minimum Gasteiger partial charge on any atom is -0.462 e. The molecule has 0 aromatic heterocycles. The Bertz CT molecular complexity index is 1100. The summed E-state index contributed by atoms with van der Waals surface area (Å²) in [6.45, 7) is 11.8. The summed E-state index contributed by atoms with van der Waals surface area (Å²) in [6.07, 6.45) is 60.9. The van der Waals surface area contributed by atoms with Gasteiger partial charge >= 0.3 is 11.9 Å². The maximum absolute atomic E-state index is 13.0. The summed E-state index contributed by atoms with van der Waals surface area (Å²) in [5, 5.41) is 0. The molecule has 0 heterocycles. The van der Waals surface area contributed by atoms with E-state index in [4.69, 9.17) is 9.47 Å². The number of nitrogens with zero attached hydrogens (tertiary/aromatic N) is 2. The number of carbonyl (C=O) groups excluding carboxylic acids is 2. The Morgan fingerprint density at radius 1 is 0.485 bits per heavy atom. The zero-order valence-corrected chi connectivity index (χ0v) is 45.5. The van der Waals surface area contributed by atoms with Crippen molar-refractivity contribution in [3.05, 3.63) is 48.6 Å². The van der Waals surface area contributed by atoms with Crippen LogP contribution < -0.4 is 0 Å². The van der Waals surface area contributed by atoms with Gasteiger partial charge in [-0.2, -0.15) is 11.8 Å². The first-order valence-electron chi connectivity index (χ1n) is 28.2. The third-order valence-corrected chi connectivity index (χ3v) is 14.0. The van der Waals surface area contributed by atoms with Gasteiger partial charge in [0, 0.05) is 18.3 Å². The number of thioether (sulfide) groups is 1. The predicted octanol–water partition coefficient (Wildman–Crippen LogP) is 17.2. The van der Waals surface area contributed by atoms with Gasteiger partial charge in [-0.05, 0) is 123 Å². The molecule has 0 aliphatic heterocycles. The quantitative estimate of drug-likeness (QED) is 0.0342. The van der Waals surface area contributed by atoms with E-state index in [1.165, 1.54) is 193 Å². The van der Waals surface area contributed by atoms with Crippen molar-refractivity contribution in [3.63, 3.8) is 0 Å². The van der Waals surface area contributed by atoms with Gasteiger partial charge in [0.15, 0.2) is 0 Å². The van der Waals surface area contributed by atoms with E-state index in [0.717, 1.165) is 50.4 Å². The van der Waals surface area contributed by atoms with Crippen LogP contribution in [0.15, 0.2) is 48.6 Å². The van der Waals surface area contributed by atoms with Crippen LogP contribution in [-0.4, -0.2) is 86.2 Å². The molecule has 1 atom stereocenters. The highest BCUT2D eigenvalue weighted by Crippen LogP contribution is 2.21. The first-order valence-corrected chi connectivity index (χ1v) is 29.4. The number of unbranched alkanes of at least 4 members (excludes halogenated alkanes) is 23. The SMILES string of the molecule is CCCCC/C=C\C/C=C\CCCCCCCCC(CCCCCCCC/C=C\C/C=C\CCCCC)N(CCCN(C)C)CCC(=O)OCCOC(=O)C(C)CSCCCCCCCC. The Morgan fingerprint density at radius 3 is 1.41 bits per heavy atom. The third kappa shape index (κ3) is 47.2. The Morgan fingerprint density at radius 2 is 0.909 bits per heavy atom. The Hall–Kier alpha value is -1.83. The molecule has 0 fully saturated rings. The Balaban J connectivity index is 4.93. The highest BCUT2D eigenvalue weighted by atomic mass is 32.2. The van der Waals surface area contributed by atoms with Crippen LogP contribution in [0.4, 0.5) is 0 Å². The fourth-order valence-corrected chi connectivity index (χ4v) is 9.44. The van der Waals surface area contributed by atoms with Crippen molar-refractivity contribution >= 4 is 23.7 Å². The summed E-state index contributed by atoms with van der Waals surface area (Å²) in [6, 6.07) is 0.498. The van der Waals surface area contributed by atoms with Gasteiger partial charge in [0.25, 0.3) is 0 Å². The topological polar surface area (TPSA) is 59.1 Å². The molecule has 0 spiro atoms. The molecule has 0 aromatic rings. The van der Waals surface area contributed by atoms with Crippen LogP contribution in [0.2, 0.25) is 0 Å². The number of esters is 2. The summed E-state index contributed by atoms with van der Waals surface area (Å²) in [5.41, 5.74) is 0. The van der Waals surface area contributed by atoms with Crippen LogP contribution in [0.25, 0.3) is 0 Å². The summed E-state index contributed by atoms with van der Waals surface area (Å²) < 4.78 is 11.1. The van der Waals surface area contributed by atoms with Gasteiger partial charge in [0.2, 0.25) is 0 Å². The van der Waals surface area contributed by atoms with Crippen LogP contribution in [0, 0.1) is 5.92 Å². The van der Waals surface area contributed by atoms with Crippen LogP contribution in [0.1, 0.15) is 246 Å². The average molecular weight is 944 g/mol. The maximum Gasteiger partial charge on any atom is 0.309 e. The first kappa shape index (κ1) is 64.2. The minimum absolute atomic E-state index is 0.131. The molecule has 7 heteroatoms. The van der Waals surface area contributed by atoms with E-state index in [-0.39, 0.29) is 31.1 Å². The van der Waals surface area contributed by atoms with Gasteiger partial charge in [0.05, 0.1) is 12.3 Å². The van der Waals surface area contributed by atoms with Crippen molar-refractivity contribution in [2.75, 3.05) is 58.4 Å². The number of rotatable bonds is 51. The molecule has 0 aliphatic rings. The lowest BCUT2D eigenvalue weighted by Crippen LogP contribution is -2.39. The molecule has 0 saturated heterocycles. The summed E-state index contributed by atoms with van der Waals surface area (Å²) in [7, 11) is 4.30. The second-order valence-electron chi connectivity index (χ2n) is 19.5. The van der Waals surface area contributed by atoms with Crippen molar-refractivity contribution in [1.29, 1.82) is 0 Å². The lowest BCUT2D eigenvalue weighted by atomic mass is 9.98. The molecule has 0 aromatic carbocycles. The fourth-order valence-electron chi connectivity index (χ4n) is 8.37. The molecule has 386 valence electrons. The van der Waals surface area contributed by atoms with Crippen molar-refractivity contribution in [3.8, 4) is 0 Å². The zero-order chi connectivity index (χ0) is 48.2. The largest absolute Gasteiger partial charge is 0.462 e. The number of hydrogen-bond acceptors (Lipinski definition) is 7. The molecule has 66 heavy (non-hydrogen) atoms. The molecule has 0 bridgehead atoms. The monoisotopic (exact) mass is 943 g/mol. The first-order chi connectivity index (χ1) is 32.3. The number of ether oxygens (including phenoxy) is 2. The highest BCUT2D eigenvalue weighted by Gasteiger charge is 2.20. The van der Waals surface area contributed by atoms with E-state index in [1.54, 1.807) is 0 Å². The second kappa shape index (κ2) is 52.5. The zero-order valence-electron chi connectivity index (χ0n) is 44.7. The molecule has 0 radical (unpaired) electrons. The van der Waals surface area contributed by atoms with E-state index < -0.39 is 0 Å². The second-order valence-corrected chi connectivity index (χ2v) is 20.6. The molecule has 0 N–H and O–H groups in total. The average Bonchev–Trinajstić information content (AvgIpc) is 3.31.